The molecule has 0 amide bonds. The highest BCUT2D eigenvalue weighted by atomic mass is 19.4. The number of halogens is 3. The van der Waals surface area contributed by atoms with Crippen molar-refractivity contribution in [3.63, 3.8) is 0 Å². The Morgan fingerprint density at radius 3 is 2.70 bits per heavy atom. The van der Waals surface area contributed by atoms with Crippen LogP contribution < -0.4 is 0 Å². The van der Waals surface area contributed by atoms with Gasteiger partial charge in [0.1, 0.15) is 5.82 Å². The monoisotopic (exact) mass is 288 g/mol. The summed E-state index contributed by atoms with van der Waals surface area (Å²) in [5, 5.41) is 0. The summed E-state index contributed by atoms with van der Waals surface area (Å²) in [5.41, 5.74) is 0.792. The van der Waals surface area contributed by atoms with Crippen LogP contribution in [0.1, 0.15) is 54.0 Å². The molecule has 1 heterocycles. The number of aromatic nitrogens is 2. The fourth-order valence-electron chi connectivity index (χ4n) is 1.84. The zero-order chi connectivity index (χ0) is 14.8. The first kappa shape index (κ1) is 14.7. The van der Waals surface area contributed by atoms with Crippen LogP contribution in [-0.2, 0) is 11.2 Å². The Morgan fingerprint density at radius 2 is 2.15 bits per heavy atom. The first-order chi connectivity index (χ1) is 9.40. The quantitative estimate of drug-likeness (QED) is 0.781. The number of aryl methyl sites for hydroxylation is 1. The number of rotatable bonds is 5. The maximum absolute atomic E-state index is 12.2. The smallest absolute Gasteiger partial charge is 0.389 e. The number of ether oxygens (including phenoxy) is 1. The standard InChI is InChI=1S/C13H15F3N2O2/c1-2-20-12(19)9-7-17-10(5-6-13(14,15)16)18-11(9)8-3-4-8/h7-8H,2-6H2,1H3. The highest BCUT2D eigenvalue weighted by Gasteiger charge is 2.32. The van der Waals surface area contributed by atoms with E-state index in [9.17, 15) is 18.0 Å². The molecule has 1 fully saturated rings. The minimum absolute atomic E-state index is 0.122. The predicted octanol–water partition coefficient (Wildman–Crippen LogP) is 3.03. The van der Waals surface area contributed by atoms with E-state index in [-0.39, 0.29) is 30.3 Å². The first-order valence-corrected chi connectivity index (χ1v) is 6.50. The minimum Gasteiger partial charge on any atom is -0.462 e. The Balaban J connectivity index is 2.17. The van der Waals surface area contributed by atoms with Crippen molar-refractivity contribution in [3.05, 3.63) is 23.3 Å². The van der Waals surface area contributed by atoms with E-state index in [1.165, 1.54) is 6.20 Å². The number of nitrogens with zero attached hydrogens (tertiary/aromatic N) is 2. The van der Waals surface area contributed by atoms with E-state index in [0.717, 1.165) is 12.8 Å². The molecule has 1 aromatic heterocycles. The van der Waals surface area contributed by atoms with Gasteiger partial charge in [0.15, 0.2) is 0 Å². The van der Waals surface area contributed by atoms with Gasteiger partial charge in [-0.1, -0.05) is 0 Å². The Kier molecular flexibility index (Phi) is 4.25. The van der Waals surface area contributed by atoms with Gasteiger partial charge >= 0.3 is 12.1 Å². The average molecular weight is 288 g/mol. The van der Waals surface area contributed by atoms with E-state index in [0.29, 0.717) is 5.69 Å². The second kappa shape index (κ2) is 5.76. The summed E-state index contributed by atoms with van der Waals surface area (Å²) in [5.74, 6) is -0.254. The second-order valence-corrected chi connectivity index (χ2v) is 4.70. The summed E-state index contributed by atoms with van der Waals surface area (Å²) in [7, 11) is 0. The van der Waals surface area contributed by atoms with Gasteiger partial charge in [0.25, 0.3) is 0 Å². The number of carbonyl (C=O) groups is 1. The maximum atomic E-state index is 12.2. The minimum atomic E-state index is -4.23. The molecular weight excluding hydrogens is 273 g/mol. The van der Waals surface area contributed by atoms with Crippen molar-refractivity contribution in [2.45, 2.75) is 44.7 Å². The molecule has 4 nitrogen and oxygen atoms in total. The van der Waals surface area contributed by atoms with Gasteiger partial charge in [-0.05, 0) is 19.8 Å². The number of hydrogen-bond acceptors (Lipinski definition) is 4. The van der Waals surface area contributed by atoms with Crippen molar-refractivity contribution >= 4 is 5.97 Å². The van der Waals surface area contributed by atoms with Gasteiger partial charge in [0.05, 0.1) is 24.3 Å². The van der Waals surface area contributed by atoms with E-state index < -0.39 is 18.6 Å². The molecule has 0 N–H and O–H groups in total. The lowest BCUT2D eigenvalue weighted by Gasteiger charge is -2.09. The molecule has 1 aromatic rings. The molecule has 0 radical (unpaired) electrons. The molecular formula is C13H15F3N2O2. The van der Waals surface area contributed by atoms with Crippen LogP contribution in [0.5, 0.6) is 0 Å². The fourth-order valence-corrected chi connectivity index (χ4v) is 1.84. The van der Waals surface area contributed by atoms with Gasteiger partial charge in [0, 0.05) is 18.5 Å². The van der Waals surface area contributed by atoms with E-state index in [1.807, 2.05) is 0 Å². The number of esters is 1. The molecule has 1 aliphatic rings. The largest absolute Gasteiger partial charge is 0.462 e. The molecule has 0 aliphatic heterocycles. The van der Waals surface area contributed by atoms with Crippen molar-refractivity contribution in [2.24, 2.45) is 0 Å². The summed E-state index contributed by atoms with van der Waals surface area (Å²) in [6, 6.07) is 0. The number of alkyl halides is 3. The van der Waals surface area contributed by atoms with Crippen LogP contribution in [0.15, 0.2) is 6.20 Å². The third-order valence-electron chi connectivity index (χ3n) is 2.96. The van der Waals surface area contributed by atoms with Crippen molar-refractivity contribution in [2.75, 3.05) is 6.61 Å². The average Bonchev–Trinajstić information content (AvgIpc) is 3.19. The Hall–Kier alpha value is -1.66. The second-order valence-electron chi connectivity index (χ2n) is 4.70. The van der Waals surface area contributed by atoms with E-state index in [4.69, 9.17) is 4.74 Å². The zero-order valence-corrected chi connectivity index (χ0v) is 11.0. The maximum Gasteiger partial charge on any atom is 0.389 e. The predicted molar refractivity (Wildman–Crippen MR) is 64.3 cm³/mol. The molecule has 110 valence electrons. The lowest BCUT2D eigenvalue weighted by molar-refractivity contribution is -0.134. The summed E-state index contributed by atoms with van der Waals surface area (Å²) in [6.07, 6.45) is -2.40. The van der Waals surface area contributed by atoms with Crippen LogP contribution in [0.4, 0.5) is 13.2 Å². The van der Waals surface area contributed by atoms with Gasteiger partial charge in [-0.25, -0.2) is 14.8 Å². The SMILES string of the molecule is CCOC(=O)c1cnc(CCC(F)(F)F)nc1C1CC1. The van der Waals surface area contributed by atoms with Crippen LogP contribution >= 0.6 is 0 Å². The normalized spacial score (nSPS) is 15.2. The van der Waals surface area contributed by atoms with Gasteiger partial charge < -0.3 is 4.74 Å². The van der Waals surface area contributed by atoms with Crippen molar-refractivity contribution in [1.29, 1.82) is 0 Å². The van der Waals surface area contributed by atoms with E-state index in [1.54, 1.807) is 6.92 Å². The summed E-state index contributed by atoms with van der Waals surface area (Å²) < 4.78 is 41.5. The highest BCUT2D eigenvalue weighted by Crippen LogP contribution is 2.40. The van der Waals surface area contributed by atoms with Crippen LogP contribution in [0, 0.1) is 0 Å². The molecule has 0 bridgehead atoms. The molecule has 0 atom stereocenters. The topological polar surface area (TPSA) is 52.1 Å². The third kappa shape index (κ3) is 3.91. The molecule has 0 unspecified atom stereocenters. The summed E-state index contributed by atoms with van der Waals surface area (Å²) >= 11 is 0. The van der Waals surface area contributed by atoms with E-state index >= 15 is 0 Å². The molecule has 20 heavy (non-hydrogen) atoms. The Morgan fingerprint density at radius 1 is 1.45 bits per heavy atom. The number of hydrogen-bond donors (Lipinski definition) is 0. The Labute approximate surface area is 114 Å². The molecule has 1 aliphatic carbocycles. The molecule has 7 heteroatoms. The number of carbonyl (C=O) groups excluding carboxylic acids is 1. The molecule has 2 rings (SSSR count). The van der Waals surface area contributed by atoms with Gasteiger partial charge in [-0.3, -0.25) is 0 Å². The van der Waals surface area contributed by atoms with Gasteiger partial charge in [-0.15, -0.1) is 0 Å². The highest BCUT2D eigenvalue weighted by molar-refractivity contribution is 5.90. The lowest BCUT2D eigenvalue weighted by Crippen LogP contribution is -2.14. The zero-order valence-electron chi connectivity index (χ0n) is 11.0. The van der Waals surface area contributed by atoms with Gasteiger partial charge in [0.2, 0.25) is 0 Å². The summed E-state index contributed by atoms with van der Waals surface area (Å²) in [4.78, 5) is 19.7. The van der Waals surface area contributed by atoms with Crippen molar-refractivity contribution in [3.8, 4) is 0 Å². The fraction of sp³-hybridized carbons (Fsp3) is 0.615. The third-order valence-corrected chi connectivity index (χ3v) is 2.96. The summed E-state index contributed by atoms with van der Waals surface area (Å²) in [6.45, 7) is 1.92. The van der Waals surface area contributed by atoms with Crippen LogP contribution in [0.25, 0.3) is 0 Å². The van der Waals surface area contributed by atoms with Crippen LogP contribution in [-0.4, -0.2) is 28.7 Å². The van der Waals surface area contributed by atoms with E-state index in [2.05, 4.69) is 9.97 Å². The van der Waals surface area contributed by atoms with Crippen LogP contribution in [0.3, 0.4) is 0 Å². The van der Waals surface area contributed by atoms with Gasteiger partial charge in [-0.2, -0.15) is 13.2 Å². The Bertz CT molecular complexity index is 499. The molecule has 1 saturated carbocycles. The van der Waals surface area contributed by atoms with Crippen molar-refractivity contribution < 1.29 is 22.7 Å². The molecule has 0 spiro atoms. The molecule has 0 aromatic carbocycles. The van der Waals surface area contributed by atoms with Crippen molar-refractivity contribution in [1.82, 2.24) is 9.97 Å². The van der Waals surface area contributed by atoms with Crippen LogP contribution in [0.2, 0.25) is 0 Å². The first-order valence-electron chi connectivity index (χ1n) is 6.50. The lowest BCUT2D eigenvalue weighted by atomic mass is 10.1. The molecule has 0 saturated heterocycles.